The lowest BCUT2D eigenvalue weighted by Crippen LogP contribution is -2.41. The van der Waals surface area contributed by atoms with Crippen LogP contribution in [0, 0.1) is 6.92 Å². The molecule has 112 valence electrons. The number of furan rings is 1. The van der Waals surface area contributed by atoms with Crippen LogP contribution in [0.5, 0.6) is 0 Å². The third-order valence-corrected chi connectivity index (χ3v) is 2.92. The highest BCUT2D eigenvalue weighted by Gasteiger charge is 2.26. The summed E-state index contributed by atoms with van der Waals surface area (Å²) in [6, 6.07) is -1.26. The predicted molar refractivity (Wildman–Crippen MR) is 70.0 cm³/mol. The highest BCUT2D eigenvalue weighted by molar-refractivity contribution is 6.07. The van der Waals surface area contributed by atoms with Crippen LogP contribution < -0.4 is 10.9 Å². The van der Waals surface area contributed by atoms with E-state index >= 15 is 0 Å². The van der Waals surface area contributed by atoms with Crippen molar-refractivity contribution in [2.45, 2.75) is 19.4 Å². The Morgan fingerprint density at radius 2 is 2.24 bits per heavy atom. The van der Waals surface area contributed by atoms with Crippen molar-refractivity contribution in [1.29, 1.82) is 0 Å². The van der Waals surface area contributed by atoms with Crippen molar-refractivity contribution in [1.82, 2.24) is 15.3 Å². The van der Waals surface area contributed by atoms with Crippen LogP contribution in [0.3, 0.4) is 0 Å². The topological polar surface area (TPSA) is 146 Å². The molecule has 0 aliphatic carbocycles. The number of H-pyrrole nitrogens is 1. The van der Waals surface area contributed by atoms with E-state index in [-0.39, 0.29) is 28.8 Å². The van der Waals surface area contributed by atoms with Crippen molar-refractivity contribution in [3.63, 3.8) is 0 Å². The zero-order valence-corrected chi connectivity index (χ0v) is 11.0. The van der Waals surface area contributed by atoms with E-state index in [1.807, 2.05) is 0 Å². The maximum Gasteiger partial charge on any atom is 0.326 e. The number of amides is 1. The molecule has 1 amide bonds. The van der Waals surface area contributed by atoms with Gasteiger partial charge in [-0.15, -0.1) is 0 Å². The Hall–Kier alpha value is -2.68. The molecular weight excluding hydrogens is 282 g/mol. The van der Waals surface area contributed by atoms with Crippen molar-refractivity contribution >= 4 is 23.0 Å². The third kappa shape index (κ3) is 2.77. The zero-order valence-electron chi connectivity index (χ0n) is 11.0. The van der Waals surface area contributed by atoms with Crippen molar-refractivity contribution < 1.29 is 24.2 Å². The van der Waals surface area contributed by atoms with Gasteiger partial charge in [-0.1, -0.05) is 0 Å². The quantitative estimate of drug-likeness (QED) is 0.575. The van der Waals surface area contributed by atoms with Gasteiger partial charge in [-0.05, 0) is 6.92 Å². The van der Waals surface area contributed by atoms with Crippen LogP contribution in [-0.4, -0.2) is 44.7 Å². The smallest absolute Gasteiger partial charge is 0.326 e. The number of rotatable bonds is 5. The second kappa shape index (κ2) is 5.75. The molecule has 2 rings (SSSR count). The minimum absolute atomic E-state index is 0.00423. The number of aromatic nitrogens is 2. The molecule has 9 heteroatoms. The third-order valence-electron chi connectivity index (χ3n) is 2.92. The Bertz CT molecular complexity index is 747. The van der Waals surface area contributed by atoms with Gasteiger partial charge in [-0.2, -0.15) is 0 Å². The van der Waals surface area contributed by atoms with E-state index in [2.05, 4.69) is 15.3 Å². The number of carboxylic acids is 1. The van der Waals surface area contributed by atoms with Crippen LogP contribution in [0.4, 0.5) is 0 Å². The number of fused-ring (bicyclic) bond motifs is 1. The molecule has 0 radical (unpaired) electrons. The van der Waals surface area contributed by atoms with Crippen molar-refractivity contribution in [3.05, 3.63) is 28.0 Å². The zero-order chi connectivity index (χ0) is 15.6. The summed E-state index contributed by atoms with van der Waals surface area (Å²) in [7, 11) is 0. The normalized spacial score (nSPS) is 12.3. The van der Waals surface area contributed by atoms with Crippen LogP contribution in [0.25, 0.3) is 11.1 Å². The van der Waals surface area contributed by atoms with Crippen LogP contribution >= 0.6 is 0 Å². The molecule has 9 nitrogen and oxygen atoms in total. The van der Waals surface area contributed by atoms with E-state index in [1.165, 1.54) is 6.92 Å². The van der Waals surface area contributed by atoms with Crippen molar-refractivity contribution in [3.8, 4) is 0 Å². The van der Waals surface area contributed by atoms with E-state index in [9.17, 15) is 14.4 Å². The van der Waals surface area contributed by atoms with Gasteiger partial charge in [-0.3, -0.25) is 9.59 Å². The fourth-order valence-electron chi connectivity index (χ4n) is 1.94. The number of aliphatic hydroxyl groups excluding tert-OH is 1. The molecule has 21 heavy (non-hydrogen) atoms. The van der Waals surface area contributed by atoms with Crippen LogP contribution in [0.15, 0.2) is 15.5 Å². The molecule has 0 aromatic carbocycles. The number of hydrogen-bond donors (Lipinski definition) is 4. The molecule has 0 saturated carbocycles. The molecular formula is C12H13N3O6. The van der Waals surface area contributed by atoms with E-state index in [0.717, 1.165) is 6.33 Å². The number of hydrogen-bond acceptors (Lipinski definition) is 6. The minimum Gasteiger partial charge on any atom is -0.480 e. The summed E-state index contributed by atoms with van der Waals surface area (Å²) in [5.74, 6) is -1.90. The maximum absolute atomic E-state index is 12.2. The second-order valence-corrected chi connectivity index (χ2v) is 4.32. The molecule has 2 heterocycles. The summed E-state index contributed by atoms with van der Waals surface area (Å²) in [6.45, 7) is 1.07. The number of aliphatic hydroxyl groups is 1. The number of aryl methyl sites for hydroxylation is 1. The summed E-state index contributed by atoms with van der Waals surface area (Å²) < 4.78 is 5.21. The molecule has 0 fully saturated rings. The van der Waals surface area contributed by atoms with Crippen molar-refractivity contribution in [2.75, 3.05) is 6.61 Å². The fraction of sp³-hybridized carbons (Fsp3) is 0.333. The molecule has 1 atom stereocenters. The number of aliphatic carboxylic acids is 1. The van der Waals surface area contributed by atoms with Crippen LogP contribution in [0.2, 0.25) is 0 Å². The Kier molecular flexibility index (Phi) is 4.03. The number of aromatic amines is 1. The van der Waals surface area contributed by atoms with E-state index in [4.69, 9.17) is 14.6 Å². The fourth-order valence-corrected chi connectivity index (χ4v) is 1.94. The van der Waals surface area contributed by atoms with Gasteiger partial charge in [0.2, 0.25) is 5.71 Å². The van der Waals surface area contributed by atoms with Crippen LogP contribution in [0.1, 0.15) is 22.5 Å². The number of nitrogens with one attached hydrogen (secondary N) is 2. The van der Waals surface area contributed by atoms with Gasteiger partial charge in [0.1, 0.15) is 17.2 Å². The van der Waals surface area contributed by atoms with Gasteiger partial charge in [0.15, 0.2) is 0 Å². The molecule has 2 aromatic heterocycles. The lowest BCUT2D eigenvalue weighted by Gasteiger charge is -2.12. The van der Waals surface area contributed by atoms with E-state index in [1.54, 1.807) is 0 Å². The van der Waals surface area contributed by atoms with Gasteiger partial charge in [0, 0.05) is 13.0 Å². The standard InChI is InChI=1S/C12H13N3O6/c1-5-7(8-9(17)13-4-14-11(8)21-5)10(18)15-6(2-3-16)12(19)20/h4,6,16H,2-3H2,1H3,(H,15,18)(H,19,20)(H,13,14,17). The summed E-state index contributed by atoms with van der Waals surface area (Å²) >= 11 is 0. The number of nitrogens with zero attached hydrogens (tertiary/aromatic N) is 1. The average Bonchev–Trinajstić information content (AvgIpc) is 2.75. The lowest BCUT2D eigenvalue weighted by atomic mass is 10.1. The predicted octanol–water partition coefficient (Wildman–Crippen LogP) is -0.610. The molecule has 0 spiro atoms. The molecule has 0 aliphatic rings. The average molecular weight is 295 g/mol. The van der Waals surface area contributed by atoms with Gasteiger partial charge in [-0.25, -0.2) is 9.78 Å². The maximum atomic E-state index is 12.2. The number of carbonyl (C=O) groups is 2. The van der Waals surface area contributed by atoms with Crippen molar-refractivity contribution in [2.24, 2.45) is 0 Å². The Labute approximate surface area is 117 Å². The highest BCUT2D eigenvalue weighted by Crippen LogP contribution is 2.20. The molecule has 4 N–H and O–H groups in total. The monoisotopic (exact) mass is 295 g/mol. The van der Waals surface area contributed by atoms with Gasteiger partial charge in [0.05, 0.1) is 11.9 Å². The first-order chi connectivity index (χ1) is 9.95. The van der Waals surface area contributed by atoms with Gasteiger partial charge >= 0.3 is 5.97 Å². The second-order valence-electron chi connectivity index (χ2n) is 4.32. The molecule has 0 aliphatic heterocycles. The molecule has 0 saturated heterocycles. The van der Waals surface area contributed by atoms with E-state index in [0.29, 0.717) is 0 Å². The van der Waals surface area contributed by atoms with Gasteiger partial charge in [0.25, 0.3) is 11.5 Å². The Morgan fingerprint density at radius 3 is 2.86 bits per heavy atom. The van der Waals surface area contributed by atoms with Gasteiger partial charge < -0.3 is 24.9 Å². The Morgan fingerprint density at radius 1 is 1.52 bits per heavy atom. The first kappa shape index (κ1) is 14.7. The summed E-state index contributed by atoms with van der Waals surface area (Å²) in [6.07, 6.45) is 0.992. The number of carboxylic acid groups (broad SMARTS) is 1. The SMILES string of the molecule is Cc1oc2nc[nH]c(=O)c2c1C(=O)NC(CCO)C(=O)O. The first-order valence-electron chi connectivity index (χ1n) is 6.07. The van der Waals surface area contributed by atoms with Crippen LogP contribution in [-0.2, 0) is 4.79 Å². The summed E-state index contributed by atoms with van der Waals surface area (Å²) in [4.78, 5) is 41.1. The first-order valence-corrected chi connectivity index (χ1v) is 6.07. The highest BCUT2D eigenvalue weighted by atomic mass is 16.4. The van der Waals surface area contributed by atoms with E-state index < -0.39 is 30.1 Å². The molecule has 2 aromatic rings. The summed E-state index contributed by atoms with van der Waals surface area (Å²) in [5.41, 5.74) is -0.630. The Balaban J connectivity index is 2.42. The summed E-state index contributed by atoms with van der Waals surface area (Å²) in [5, 5.41) is 20.0. The largest absolute Gasteiger partial charge is 0.480 e. The number of carbonyl (C=O) groups excluding carboxylic acids is 1. The molecule has 1 unspecified atom stereocenters. The minimum atomic E-state index is -1.28. The molecule has 0 bridgehead atoms. The lowest BCUT2D eigenvalue weighted by molar-refractivity contribution is -0.139.